The van der Waals surface area contributed by atoms with Gasteiger partial charge in [0.25, 0.3) is 0 Å². The van der Waals surface area contributed by atoms with E-state index in [4.69, 9.17) is 0 Å². The first-order valence-corrected chi connectivity index (χ1v) is 6.68. The molecule has 102 valence electrons. The summed E-state index contributed by atoms with van der Waals surface area (Å²) in [5.41, 5.74) is 0.0583. The van der Waals surface area contributed by atoms with Crippen molar-refractivity contribution in [2.75, 3.05) is 25.0 Å². The van der Waals surface area contributed by atoms with Crippen molar-refractivity contribution in [3.63, 3.8) is 0 Å². The molecule has 2 aliphatic rings. The topological polar surface area (TPSA) is 69.6 Å². The Labute approximate surface area is 112 Å². The number of hydrogen-bond donors (Lipinski definition) is 1. The van der Waals surface area contributed by atoms with E-state index >= 15 is 0 Å². The third kappa shape index (κ3) is 2.16. The Balaban J connectivity index is 1.89. The van der Waals surface area contributed by atoms with Gasteiger partial charge in [-0.25, -0.2) is 14.8 Å². The second-order valence-corrected chi connectivity index (χ2v) is 5.32. The minimum Gasteiger partial charge on any atom is -0.476 e. The summed E-state index contributed by atoms with van der Waals surface area (Å²) in [6.45, 7) is 1.69. The van der Waals surface area contributed by atoms with Crippen molar-refractivity contribution < 1.29 is 9.90 Å². The zero-order valence-corrected chi connectivity index (χ0v) is 11.0. The highest BCUT2D eigenvalue weighted by Crippen LogP contribution is 2.30. The van der Waals surface area contributed by atoms with Gasteiger partial charge in [0.05, 0.1) is 0 Å². The maximum atomic E-state index is 11.2. The van der Waals surface area contributed by atoms with Crippen molar-refractivity contribution in [3.05, 3.63) is 18.1 Å². The smallest absolute Gasteiger partial charge is 0.358 e. The van der Waals surface area contributed by atoms with Crippen LogP contribution in [-0.4, -0.2) is 58.2 Å². The van der Waals surface area contributed by atoms with Crippen molar-refractivity contribution in [2.45, 2.75) is 31.3 Å². The molecule has 3 heterocycles. The van der Waals surface area contributed by atoms with Gasteiger partial charge in [0.1, 0.15) is 0 Å². The summed E-state index contributed by atoms with van der Waals surface area (Å²) in [7, 11) is 2.17. The fraction of sp³-hybridized carbons (Fsp3) is 0.615. The Hall–Kier alpha value is -1.69. The first-order chi connectivity index (χ1) is 9.16. The van der Waals surface area contributed by atoms with E-state index in [0.717, 1.165) is 19.5 Å². The highest BCUT2D eigenvalue weighted by Gasteiger charge is 2.35. The van der Waals surface area contributed by atoms with Gasteiger partial charge in [0.2, 0.25) is 0 Å². The molecule has 0 aliphatic carbocycles. The monoisotopic (exact) mass is 262 g/mol. The van der Waals surface area contributed by atoms with Crippen LogP contribution in [0, 0.1) is 0 Å². The Bertz CT molecular complexity index is 493. The van der Waals surface area contributed by atoms with Crippen molar-refractivity contribution in [3.8, 4) is 0 Å². The predicted octanol–water partition coefficient (Wildman–Crippen LogP) is 0.848. The molecule has 2 unspecified atom stereocenters. The number of likely N-dealkylation sites (N-methyl/N-ethyl adjacent to an activating group) is 1. The van der Waals surface area contributed by atoms with E-state index in [-0.39, 0.29) is 5.69 Å². The number of carbonyl (C=O) groups is 1. The van der Waals surface area contributed by atoms with Crippen LogP contribution in [0.15, 0.2) is 12.4 Å². The lowest BCUT2D eigenvalue weighted by molar-refractivity contribution is 0.0690. The zero-order chi connectivity index (χ0) is 13.4. The van der Waals surface area contributed by atoms with E-state index in [0.29, 0.717) is 17.9 Å². The van der Waals surface area contributed by atoms with Gasteiger partial charge in [-0.3, -0.25) is 4.90 Å². The van der Waals surface area contributed by atoms with Crippen LogP contribution in [0.1, 0.15) is 29.8 Å². The first kappa shape index (κ1) is 12.3. The summed E-state index contributed by atoms with van der Waals surface area (Å²) < 4.78 is 0. The van der Waals surface area contributed by atoms with Gasteiger partial charge in [0.15, 0.2) is 11.5 Å². The van der Waals surface area contributed by atoms with Gasteiger partial charge in [0, 0.05) is 37.6 Å². The summed E-state index contributed by atoms with van der Waals surface area (Å²) in [6.07, 6.45) is 6.49. The summed E-state index contributed by atoms with van der Waals surface area (Å²) >= 11 is 0. The van der Waals surface area contributed by atoms with E-state index in [2.05, 4.69) is 26.8 Å². The van der Waals surface area contributed by atoms with Crippen LogP contribution in [0.4, 0.5) is 5.82 Å². The number of nitrogens with zero attached hydrogens (tertiary/aromatic N) is 4. The minimum atomic E-state index is -1.01. The van der Waals surface area contributed by atoms with Crippen LogP contribution >= 0.6 is 0 Å². The van der Waals surface area contributed by atoms with Crippen LogP contribution in [-0.2, 0) is 0 Å². The maximum Gasteiger partial charge on any atom is 0.358 e. The summed E-state index contributed by atoms with van der Waals surface area (Å²) in [6, 6.07) is 1.12. The van der Waals surface area contributed by atoms with E-state index in [1.807, 2.05) is 0 Å². The van der Waals surface area contributed by atoms with Crippen LogP contribution in [0.3, 0.4) is 0 Å². The molecule has 0 amide bonds. The molecule has 3 rings (SSSR count). The summed E-state index contributed by atoms with van der Waals surface area (Å²) in [5, 5.41) is 9.21. The SMILES string of the molecule is CN1C2CCC1CN(c1nccnc1C(=O)O)CC2. The summed E-state index contributed by atoms with van der Waals surface area (Å²) in [4.78, 5) is 23.9. The number of fused-ring (bicyclic) bond motifs is 2. The highest BCUT2D eigenvalue weighted by molar-refractivity contribution is 5.90. The highest BCUT2D eigenvalue weighted by atomic mass is 16.4. The summed E-state index contributed by atoms with van der Waals surface area (Å²) in [5.74, 6) is -0.498. The fourth-order valence-corrected chi connectivity index (χ4v) is 3.21. The third-order valence-corrected chi connectivity index (χ3v) is 4.33. The number of carboxylic acid groups (broad SMARTS) is 1. The number of carboxylic acids is 1. The molecule has 0 radical (unpaired) electrons. The molecule has 2 fully saturated rings. The van der Waals surface area contributed by atoms with Gasteiger partial charge in [-0.15, -0.1) is 0 Å². The molecule has 0 aromatic carbocycles. The molecule has 1 aromatic rings. The van der Waals surface area contributed by atoms with Crippen LogP contribution in [0.5, 0.6) is 0 Å². The maximum absolute atomic E-state index is 11.2. The number of aromatic carboxylic acids is 1. The Morgan fingerprint density at radius 2 is 2.00 bits per heavy atom. The second-order valence-electron chi connectivity index (χ2n) is 5.32. The number of rotatable bonds is 2. The number of hydrogen-bond acceptors (Lipinski definition) is 5. The molecule has 1 aromatic heterocycles. The molecule has 2 bridgehead atoms. The van der Waals surface area contributed by atoms with Gasteiger partial charge < -0.3 is 10.0 Å². The van der Waals surface area contributed by atoms with Crippen LogP contribution in [0.25, 0.3) is 0 Å². The quantitative estimate of drug-likeness (QED) is 0.852. The predicted molar refractivity (Wildman–Crippen MR) is 70.4 cm³/mol. The fourth-order valence-electron chi connectivity index (χ4n) is 3.21. The van der Waals surface area contributed by atoms with Crippen molar-refractivity contribution in [2.24, 2.45) is 0 Å². The molecule has 0 spiro atoms. The minimum absolute atomic E-state index is 0.0583. The number of aromatic nitrogens is 2. The molecular weight excluding hydrogens is 244 g/mol. The normalized spacial score (nSPS) is 27.3. The molecule has 2 saturated heterocycles. The zero-order valence-electron chi connectivity index (χ0n) is 11.0. The molecule has 2 atom stereocenters. The van der Waals surface area contributed by atoms with Crippen molar-refractivity contribution >= 4 is 11.8 Å². The molecule has 0 saturated carbocycles. The molecular formula is C13H18N4O2. The lowest BCUT2D eigenvalue weighted by Gasteiger charge is -2.27. The number of anilines is 1. The Morgan fingerprint density at radius 1 is 1.26 bits per heavy atom. The average Bonchev–Trinajstić information content (AvgIpc) is 2.63. The third-order valence-electron chi connectivity index (χ3n) is 4.33. The first-order valence-electron chi connectivity index (χ1n) is 6.68. The van der Waals surface area contributed by atoms with E-state index in [1.54, 1.807) is 6.20 Å². The Kier molecular flexibility index (Phi) is 3.10. The Morgan fingerprint density at radius 3 is 2.79 bits per heavy atom. The van der Waals surface area contributed by atoms with Crippen molar-refractivity contribution in [1.82, 2.24) is 14.9 Å². The molecule has 6 nitrogen and oxygen atoms in total. The van der Waals surface area contributed by atoms with Crippen LogP contribution < -0.4 is 4.90 Å². The van der Waals surface area contributed by atoms with Gasteiger partial charge >= 0.3 is 5.97 Å². The lowest BCUT2D eigenvalue weighted by atomic mass is 10.1. The molecule has 6 heteroatoms. The average molecular weight is 262 g/mol. The van der Waals surface area contributed by atoms with Gasteiger partial charge in [-0.1, -0.05) is 0 Å². The molecule has 19 heavy (non-hydrogen) atoms. The van der Waals surface area contributed by atoms with Crippen LogP contribution in [0.2, 0.25) is 0 Å². The standard InChI is InChI=1S/C13H18N4O2/c1-16-9-2-3-10(16)8-17(7-4-9)12-11(13(18)19)14-5-6-15-12/h5-6,9-10H,2-4,7-8H2,1H3,(H,18,19). The van der Waals surface area contributed by atoms with Crippen molar-refractivity contribution in [1.29, 1.82) is 0 Å². The van der Waals surface area contributed by atoms with E-state index in [1.165, 1.54) is 19.0 Å². The largest absolute Gasteiger partial charge is 0.476 e. The molecule has 1 N–H and O–H groups in total. The van der Waals surface area contributed by atoms with Gasteiger partial charge in [-0.2, -0.15) is 0 Å². The van der Waals surface area contributed by atoms with E-state index in [9.17, 15) is 9.90 Å². The second kappa shape index (κ2) is 4.77. The lowest BCUT2D eigenvalue weighted by Crippen LogP contribution is -2.37. The van der Waals surface area contributed by atoms with E-state index < -0.39 is 5.97 Å². The molecule has 2 aliphatic heterocycles. The van der Waals surface area contributed by atoms with Gasteiger partial charge in [-0.05, 0) is 26.3 Å².